The molecule has 1 saturated heterocycles. The quantitative estimate of drug-likeness (QED) is 0.577. The molecular formula is C30H32N4O2. The molecule has 1 atom stereocenters. The smallest absolute Gasteiger partial charge is 0.261 e. The molecule has 6 heteroatoms. The van der Waals surface area contributed by atoms with E-state index < -0.39 is 5.54 Å². The zero-order valence-corrected chi connectivity index (χ0v) is 20.9. The van der Waals surface area contributed by atoms with Crippen molar-refractivity contribution in [3.8, 4) is 22.3 Å². The van der Waals surface area contributed by atoms with Crippen LogP contribution in [0.25, 0.3) is 22.3 Å². The molecule has 3 aromatic carbocycles. The summed E-state index contributed by atoms with van der Waals surface area (Å²) < 4.78 is 0. The molecule has 3 aromatic rings. The van der Waals surface area contributed by atoms with E-state index in [2.05, 4.69) is 47.5 Å². The van der Waals surface area contributed by atoms with Crippen molar-refractivity contribution < 1.29 is 9.59 Å². The molecule has 2 heterocycles. The minimum Gasteiger partial charge on any atom is -0.369 e. The number of hydrogen-bond donors (Lipinski definition) is 1. The third kappa shape index (κ3) is 4.51. The number of carbonyl (C=O) groups excluding carboxylic acids is 2. The van der Waals surface area contributed by atoms with Gasteiger partial charge in [0.25, 0.3) is 5.91 Å². The number of aliphatic imine (C=N–C) groups is 1. The Kier molecular flexibility index (Phi) is 6.35. The van der Waals surface area contributed by atoms with Gasteiger partial charge in [0, 0.05) is 26.6 Å². The summed E-state index contributed by atoms with van der Waals surface area (Å²) in [5, 5.41) is 0. The molecule has 2 aliphatic heterocycles. The predicted molar refractivity (Wildman–Crippen MR) is 143 cm³/mol. The zero-order valence-electron chi connectivity index (χ0n) is 20.9. The molecule has 0 spiro atoms. The molecule has 36 heavy (non-hydrogen) atoms. The molecule has 5 rings (SSSR count). The van der Waals surface area contributed by atoms with E-state index in [0.717, 1.165) is 53.7 Å². The average molecular weight is 481 g/mol. The van der Waals surface area contributed by atoms with Crippen molar-refractivity contribution in [1.29, 1.82) is 0 Å². The van der Waals surface area contributed by atoms with Crippen LogP contribution in [-0.2, 0) is 15.1 Å². The minimum absolute atomic E-state index is 0.0933. The molecule has 0 aliphatic carbocycles. The number of likely N-dealkylation sites (tertiary alicyclic amines) is 1. The second-order valence-corrected chi connectivity index (χ2v) is 9.94. The summed E-state index contributed by atoms with van der Waals surface area (Å²) in [4.78, 5) is 33.4. The largest absolute Gasteiger partial charge is 0.369 e. The average Bonchev–Trinajstić information content (AvgIpc) is 3.13. The van der Waals surface area contributed by atoms with Gasteiger partial charge in [0.15, 0.2) is 11.5 Å². The molecule has 2 N–H and O–H groups in total. The predicted octanol–water partition coefficient (Wildman–Crippen LogP) is 4.65. The van der Waals surface area contributed by atoms with E-state index in [1.54, 1.807) is 11.8 Å². The lowest BCUT2D eigenvalue weighted by molar-refractivity contribution is -0.133. The Morgan fingerprint density at radius 3 is 2.17 bits per heavy atom. The summed E-state index contributed by atoms with van der Waals surface area (Å²) in [6.45, 7) is 5.43. The number of carbonyl (C=O) groups is 2. The first-order valence-corrected chi connectivity index (χ1v) is 12.5. The van der Waals surface area contributed by atoms with E-state index in [0.29, 0.717) is 12.5 Å². The fraction of sp³-hybridized carbons (Fsp3) is 0.300. The first-order chi connectivity index (χ1) is 17.3. The van der Waals surface area contributed by atoms with E-state index in [4.69, 9.17) is 5.73 Å². The molecule has 2 amide bonds. The van der Waals surface area contributed by atoms with Crippen LogP contribution >= 0.6 is 0 Å². The summed E-state index contributed by atoms with van der Waals surface area (Å²) in [6, 6.07) is 26.7. The van der Waals surface area contributed by atoms with Gasteiger partial charge in [-0.2, -0.15) is 0 Å². The number of guanidine groups is 1. The number of piperidine rings is 1. The monoisotopic (exact) mass is 480 g/mol. The third-order valence-corrected chi connectivity index (χ3v) is 7.50. The number of nitrogens with two attached hydrogens (primary N) is 1. The lowest BCUT2D eigenvalue weighted by atomic mass is 9.88. The lowest BCUT2D eigenvalue weighted by Gasteiger charge is -2.33. The maximum absolute atomic E-state index is 13.6. The molecule has 0 radical (unpaired) electrons. The fourth-order valence-corrected chi connectivity index (χ4v) is 5.27. The van der Waals surface area contributed by atoms with Crippen molar-refractivity contribution >= 4 is 17.8 Å². The van der Waals surface area contributed by atoms with Crippen molar-refractivity contribution in [2.45, 2.75) is 32.2 Å². The van der Waals surface area contributed by atoms with Crippen molar-refractivity contribution in [2.75, 3.05) is 19.6 Å². The number of nitrogens with zero attached hydrogens (tertiary/aromatic N) is 3. The highest BCUT2D eigenvalue weighted by molar-refractivity contribution is 6.07. The van der Waals surface area contributed by atoms with Crippen molar-refractivity contribution in [3.05, 3.63) is 84.4 Å². The Morgan fingerprint density at radius 1 is 0.917 bits per heavy atom. The van der Waals surface area contributed by atoms with Gasteiger partial charge in [-0.05, 0) is 65.6 Å². The van der Waals surface area contributed by atoms with Gasteiger partial charge < -0.3 is 10.6 Å². The van der Waals surface area contributed by atoms with Crippen LogP contribution in [0.2, 0.25) is 0 Å². The number of hydrogen-bond acceptors (Lipinski definition) is 4. The first-order valence-electron chi connectivity index (χ1n) is 12.5. The van der Waals surface area contributed by atoms with Crippen LogP contribution in [-0.4, -0.2) is 47.2 Å². The van der Waals surface area contributed by atoms with Crippen LogP contribution in [0.3, 0.4) is 0 Å². The van der Waals surface area contributed by atoms with Gasteiger partial charge in [0.1, 0.15) is 0 Å². The van der Waals surface area contributed by atoms with Crippen molar-refractivity contribution in [1.82, 2.24) is 9.80 Å². The Balaban J connectivity index is 1.36. The maximum atomic E-state index is 13.6. The highest BCUT2D eigenvalue weighted by Gasteiger charge is 2.46. The van der Waals surface area contributed by atoms with Gasteiger partial charge in [0.05, 0.1) is 0 Å². The van der Waals surface area contributed by atoms with E-state index >= 15 is 0 Å². The lowest BCUT2D eigenvalue weighted by Crippen LogP contribution is -2.46. The summed E-state index contributed by atoms with van der Waals surface area (Å²) in [5.74, 6) is 0.582. The Morgan fingerprint density at radius 2 is 1.50 bits per heavy atom. The van der Waals surface area contributed by atoms with Crippen molar-refractivity contribution in [2.24, 2.45) is 16.6 Å². The standard InChI is InChI=1S/C30H32N4O2/c1-21(35)33-16-14-22(15-17-33)20-34-28(36)30(2,32-29(34)31)27-13-7-12-26(19-27)25-11-6-10-24(18-25)23-8-4-3-5-9-23/h3-13,18-19,22H,14-17,20H2,1-2H3,(H2,31,32). The van der Waals surface area contributed by atoms with Crippen LogP contribution in [0.5, 0.6) is 0 Å². The Bertz CT molecular complexity index is 1310. The molecule has 1 unspecified atom stereocenters. The van der Waals surface area contributed by atoms with Gasteiger partial charge >= 0.3 is 0 Å². The first kappa shape index (κ1) is 23.8. The normalized spacial score (nSPS) is 20.5. The summed E-state index contributed by atoms with van der Waals surface area (Å²) in [5.41, 5.74) is 10.5. The second kappa shape index (κ2) is 9.61. The zero-order chi connectivity index (χ0) is 25.3. The van der Waals surface area contributed by atoms with Crippen LogP contribution in [0.1, 0.15) is 32.3 Å². The summed E-state index contributed by atoms with van der Waals surface area (Å²) in [6.07, 6.45) is 1.72. The van der Waals surface area contributed by atoms with E-state index in [1.165, 1.54) is 0 Å². The fourth-order valence-electron chi connectivity index (χ4n) is 5.27. The molecule has 6 nitrogen and oxygen atoms in total. The van der Waals surface area contributed by atoms with E-state index in [1.807, 2.05) is 48.2 Å². The number of benzene rings is 3. The van der Waals surface area contributed by atoms with E-state index in [-0.39, 0.29) is 17.8 Å². The molecule has 0 aromatic heterocycles. The molecule has 1 fully saturated rings. The van der Waals surface area contributed by atoms with Crippen LogP contribution in [0.15, 0.2) is 83.9 Å². The molecule has 0 saturated carbocycles. The third-order valence-electron chi connectivity index (χ3n) is 7.50. The van der Waals surface area contributed by atoms with E-state index in [9.17, 15) is 9.59 Å². The van der Waals surface area contributed by atoms with Gasteiger partial charge in [0.2, 0.25) is 5.91 Å². The Hall–Kier alpha value is -3.93. The SMILES string of the molecule is CC(=O)N1CCC(CN2C(=O)C(C)(c3cccc(-c4cccc(-c5ccccc5)c4)c3)N=C2N)CC1. The highest BCUT2D eigenvalue weighted by atomic mass is 16.2. The second-order valence-electron chi connectivity index (χ2n) is 9.94. The van der Waals surface area contributed by atoms with Gasteiger partial charge in [-0.1, -0.05) is 66.7 Å². The molecule has 2 aliphatic rings. The highest BCUT2D eigenvalue weighted by Crippen LogP contribution is 2.36. The molecule has 184 valence electrons. The molecular weight excluding hydrogens is 448 g/mol. The summed E-state index contributed by atoms with van der Waals surface area (Å²) in [7, 11) is 0. The van der Waals surface area contributed by atoms with Gasteiger partial charge in [-0.3, -0.25) is 14.5 Å². The van der Waals surface area contributed by atoms with Crippen LogP contribution in [0, 0.1) is 5.92 Å². The number of rotatable bonds is 5. The van der Waals surface area contributed by atoms with Crippen LogP contribution in [0.4, 0.5) is 0 Å². The maximum Gasteiger partial charge on any atom is 0.261 e. The summed E-state index contributed by atoms with van der Waals surface area (Å²) >= 11 is 0. The Labute approximate surface area is 212 Å². The van der Waals surface area contributed by atoms with Crippen molar-refractivity contribution in [3.63, 3.8) is 0 Å². The minimum atomic E-state index is -1.06. The topological polar surface area (TPSA) is 79.0 Å². The molecule has 0 bridgehead atoms. The van der Waals surface area contributed by atoms with Gasteiger partial charge in [-0.25, -0.2) is 4.99 Å². The van der Waals surface area contributed by atoms with Crippen LogP contribution < -0.4 is 5.73 Å². The van der Waals surface area contributed by atoms with Gasteiger partial charge in [-0.15, -0.1) is 0 Å². The number of amides is 2.